The Bertz CT molecular complexity index is 1370. The molecule has 0 aliphatic carbocycles. The molecule has 1 amide bonds. The molecule has 4 heterocycles. The molecule has 1 unspecified atom stereocenters. The molecule has 1 atom stereocenters. The van der Waals surface area contributed by atoms with Crippen LogP contribution in [0.3, 0.4) is 0 Å². The Morgan fingerprint density at radius 2 is 1.73 bits per heavy atom. The van der Waals surface area contributed by atoms with Gasteiger partial charge in [-0.1, -0.05) is 28.4 Å². The molecule has 5 rings (SSSR count). The number of amidine groups is 1. The van der Waals surface area contributed by atoms with Crippen LogP contribution in [0.4, 0.5) is 13.2 Å². The van der Waals surface area contributed by atoms with Crippen molar-refractivity contribution in [2.24, 2.45) is 5.16 Å². The molecule has 0 radical (unpaired) electrons. The highest BCUT2D eigenvalue weighted by Crippen LogP contribution is 2.49. The van der Waals surface area contributed by atoms with E-state index in [2.05, 4.69) is 15.5 Å². The fourth-order valence-electron chi connectivity index (χ4n) is 4.73. The van der Waals surface area contributed by atoms with Crippen LogP contribution in [-0.2, 0) is 33.4 Å². The summed E-state index contributed by atoms with van der Waals surface area (Å²) in [4.78, 5) is 23.6. The number of hydrogen-bond acceptors (Lipinski definition) is 7. The molecule has 198 valence electrons. The van der Waals surface area contributed by atoms with E-state index >= 15 is 0 Å². The number of aromatic nitrogens is 1. The van der Waals surface area contributed by atoms with Gasteiger partial charge in [0.05, 0.1) is 17.9 Å². The number of fused-ring (bicyclic) bond motifs is 1. The highest BCUT2D eigenvalue weighted by atomic mass is 35.5. The molecule has 1 aromatic carbocycles. The monoisotopic (exact) mass is 576 g/mol. The molecule has 3 aliphatic heterocycles. The van der Waals surface area contributed by atoms with Gasteiger partial charge in [0.25, 0.3) is 11.5 Å². The van der Waals surface area contributed by atoms with E-state index in [1.807, 2.05) is 0 Å². The third-order valence-electron chi connectivity index (χ3n) is 6.79. The number of nitrogens with one attached hydrogen (secondary N) is 1. The number of sulfone groups is 1. The van der Waals surface area contributed by atoms with E-state index < -0.39 is 33.9 Å². The van der Waals surface area contributed by atoms with E-state index in [1.165, 1.54) is 12.3 Å². The number of rotatable bonds is 3. The van der Waals surface area contributed by atoms with Gasteiger partial charge in [-0.25, -0.2) is 8.42 Å². The van der Waals surface area contributed by atoms with Crippen molar-refractivity contribution in [1.82, 2.24) is 15.2 Å². The Labute approximate surface area is 220 Å². The molecular weight excluding hydrogens is 556 g/mol. The van der Waals surface area contributed by atoms with Crippen molar-refractivity contribution in [3.63, 3.8) is 0 Å². The first-order chi connectivity index (χ1) is 17.3. The predicted octanol–water partition coefficient (Wildman–Crippen LogP) is 4.20. The third-order valence-corrected chi connectivity index (χ3v) is 8.95. The normalized spacial score (nSPS) is 23.4. The molecule has 0 saturated carbocycles. The maximum Gasteiger partial charge on any atom is 0.435 e. The topological polar surface area (TPSA) is 101 Å². The fraction of sp³-hybridized carbons (Fsp3) is 0.435. The minimum Gasteiger partial charge on any atom is -0.372 e. The average molecular weight is 577 g/mol. The summed E-state index contributed by atoms with van der Waals surface area (Å²) in [5, 5.41) is 6.70. The van der Waals surface area contributed by atoms with E-state index in [0.29, 0.717) is 12.8 Å². The van der Waals surface area contributed by atoms with Gasteiger partial charge in [0.2, 0.25) is 0 Å². The molecule has 0 spiro atoms. The molecule has 1 fully saturated rings. The lowest BCUT2D eigenvalue weighted by molar-refractivity contribution is -0.275. The number of hydrogen-bond donors (Lipinski definition) is 1. The molecule has 1 N–H and O–H groups in total. The first kappa shape index (κ1) is 26.1. The SMILES string of the molecule is O=C(NC1CCS(=O)(=O)CC1)c1cc2c(cn1)CN(C1=NOC(c3cc(Cl)cc(Cl)c3)(C(F)(F)F)C1)C2. The highest BCUT2D eigenvalue weighted by Gasteiger charge is 2.63. The maximum absolute atomic E-state index is 14.3. The van der Waals surface area contributed by atoms with Crippen LogP contribution >= 0.6 is 23.2 Å². The summed E-state index contributed by atoms with van der Waals surface area (Å²) >= 11 is 11.9. The van der Waals surface area contributed by atoms with Crippen LogP contribution < -0.4 is 5.32 Å². The Kier molecular flexibility index (Phi) is 6.56. The second-order valence-corrected chi connectivity index (χ2v) is 12.5. The smallest absolute Gasteiger partial charge is 0.372 e. The van der Waals surface area contributed by atoms with Gasteiger partial charge in [-0.05, 0) is 48.2 Å². The molecule has 1 saturated heterocycles. The van der Waals surface area contributed by atoms with Crippen molar-refractivity contribution in [3.05, 3.63) is 62.9 Å². The van der Waals surface area contributed by atoms with Gasteiger partial charge in [-0.3, -0.25) is 9.78 Å². The van der Waals surface area contributed by atoms with E-state index in [0.717, 1.165) is 23.3 Å². The van der Waals surface area contributed by atoms with Gasteiger partial charge in [0.1, 0.15) is 21.4 Å². The van der Waals surface area contributed by atoms with Crippen molar-refractivity contribution in [2.75, 3.05) is 11.5 Å². The maximum atomic E-state index is 14.3. The van der Waals surface area contributed by atoms with Gasteiger partial charge in [0.15, 0.2) is 0 Å². The number of oxime groups is 1. The molecule has 14 heteroatoms. The fourth-order valence-corrected chi connectivity index (χ4v) is 6.74. The highest BCUT2D eigenvalue weighted by molar-refractivity contribution is 7.91. The van der Waals surface area contributed by atoms with Gasteiger partial charge in [-0.2, -0.15) is 13.2 Å². The molecular formula is C23H21Cl2F3N4O4S. The zero-order valence-corrected chi connectivity index (χ0v) is 21.5. The van der Waals surface area contributed by atoms with Crippen LogP contribution in [0, 0.1) is 0 Å². The van der Waals surface area contributed by atoms with E-state index in [1.54, 1.807) is 11.0 Å². The Morgan fingerprint density at radius 3 is 2.38 bits per heavy atom. The predicted molar refractivity (Wildman–Crippen MR) is 130 cm³/mol. The van der Waals surface area contributed by atoms with Gasteiger partial charge in [0, 0.05) is 40.9 Å². The first-order valence-electron chi connectivity index (χ1n) is 11.4. The Hall–Kier alpha value is -2.57. The lowest BCUT2D eigenvalue weighted by Gasteiger charge is -2.30. The standard InChI is InChI=1S/C23H21Cl2F3N4O4S/c24-16-6-15(7-17(25)8-16)22(23(26,27)28)9-20(31-36-22)32-11-13-5-19(29-10-14(13)12-32)21(33)30-18-1-3-37(34,35)4-2-18/h5-8,10,18H,1-4,9,11-12H2,(H,30,33). The summed E-state index contributed by atoms with van der Waals surface area (Å²) in [6, 6.07) is 4.99. The summed E-state index contributed by atoms with van der Waals surface area (Å²) in [7, 11) is -3.06. The second-order valence-electron chi connectivity index (χ2n) is 9.35. The molecule has 3 aliphatic rings. The number of amides is 1. The lowest BCUT2D eigenvalue weighted by atomic mass is 9.89. The van der Waals surface area contributed by atoms with Crippen molar-refractivity contribution in [2.45, 2.75) is 50.2 Å². The van der Waals surface area contributed by atoms with Crippen molar-refractivity contribution >= 4 is 44.8 Å². The van der Waals surface area contributed by atoms with Crippen molar-refractivity contribution in [3.8, 4) is 0 Å². The number of halogens is 5. The minimum atomic E-state index is -4.80. The number of alkyl halides is 3. The van der Waals surface area contributed by atoms with Crippen LogP contribution in [0.15, 0.2) is 35.6 Å². The second kappa shape index (κ2) is 9.32. The van der Waals surface area contributed by atoms with Crippen LogP contribution in [0.5, 0.6) is 0 Å². The summed E-state index contributed by atoms with van der Waals surface area (Å²) in [5.74, 6) is -0.287. The lowest BCUT2D eigenvalue weighted by Crippen LogP contribution is -2.43. The summed E-state index contributed by atoms with van der Waals surface area (Å²) < 4.78 is 66.0. The number of nitrogens with zero attached hydrogens (tertiary/aromatic N) is 3. The summed E-state index contributed by atoms with van der Waals surface area (Å²) in [5.41, 5.74) is -1.36. The first-order valence-corrected chi connectivity index (χ1v) is 14.0. The van der Waals surface area contributed by atoms with Crippen LogP contribution in [-0.4, -0.2) is 53.8 Å². The molecule has 8 nitrogen and oxygen atoms in total. The Balaban J connectivity index is 1.29. The molecule has 0 bridgehead atoms. The van der Waals surface area contributed by atoms with Crippen LogP contribution in [0.25, 0.3) is 0 Å². The van der Waals surface area contributed by atoms with Gasteiger partial charge in [-0.15, -0.1) is 0 Å². The number of pyridine rings is 1. The number of carbonyl (C=O) groups excluding carboxylic acids is 1. The van der Waals surface area contributed by atoms with Gasteiger partial charge >= 0.3 is 6.18 Å². The number of carbonyl (C=O) groups is 1. The van der Waals surface area contributed by atoms with E-state index in [4.69, 9.17) is 28.0 Å². The third kappa shape index (κ3) is 5.10. The summed E-state index contributed by atoms with van der Waals surface area (Å²) in [6.07, 6.45) is -3.19. The van der Waals surface area contributed by atoms with Crippen molar-refractivity contribution < 1.29 is 31.2 Å². The zero-order valence-electron chi connectivity index (χ0n) is 19.2. The van der Waals surface area contributed by atoms with E-state index in [-0.39, 0.29) is 57.8 Å². The quantitative estimate of drug-likeness (QED) is 0.587. The molecule has 1 aromatic heterocycles. The largest absolute Gasteiger partial charge is 0.435 e. The molecule has 37 heavy (non-hydrogen) atoms. The van der Waals surface area contributed by atoms with Crippen molar-refractivity contribution in [1.29, 1.82) is 0 Å². The minimum absolute atomic E-state index is 0.0233. The van der Waals surface area contributed by atoms with Crippen LogP contribution in [0.1, 0.15) is 46.4 Å². The summed E-state index contributed by atoms with van der Waals surface area (Å²) in [6.45, 7) is 0.462. The molecule has 2 aromatic rings. The Morgan fingerprint density at radius 1 is 1.08 bits per heavy atom. The average Bonchev–Trinajstić information content (AvgIpc) is 3.44. The van der Waals surface area contributed by atoms with E-state index in [9.17, 15) is 26.4 Å². The zero-order chi connectivity index (χ0) is 26.6. The van der Waals surface area contributed by atoms with Gasteiger partial charge < -0.3 is 15.1 Å². The van der Waals surface area contributed by atoms with Crippen LogP contribution in [0.2, 0.25) is 10.0 Å². The number of benzene rings is 1.